The molecule has 0 spiro atoms. The molecular formula is C10H13N3O5. The maximum atomic E-state index is 11.4. The maximum absolute atomic E-state index is 11.4. The summed E-state index contributed by atoms with van der Waals surface area (Å²) in [5, 5.41) is 13.0. The lowest BCUT2D eigenvalue weighted by Gasteiger charge is -2.05. The minimum Gasteiger partial charge on any atom is -0.481 e. The molecule has 1 aromatic heterocycles. The number of nitrogens with zero attached hydrogens (tertiary/aromatic N) is 1. The Morgan fingerprint density at radius 3 is 2.72 bits per heavy atom. The van der Waals surface area contributed by atoms with Crippen LogP contribution in [0.15, 0.2) is 21.7 Å². The quantitative estimate of drug-likeness (QED) is 0.535. The molecule has 0 fully saturated rings. The van der Waals surface area contributed by atoms with E-state index in [2.05, 4.69) is 10.4 Å². The smallest absolute Gasteiger partial charge is 0.303 e. The average molecular weight is 255 g/mol. The number of hydrogen-bond acceptors (Lipinski definition) is 4. The molecule has 0 radical (unpaired) electrons. The molecule has 0 saturated heterocycles. The van der Waals surface area contributed by atoms with Crippen LogP contribution in [0, 0.1) is 0 Å². The molecule has 1 heterocycles. The van der Waals surface area contributed by atoms with Gasteiger partial charge in [-0.1, -0.05) is 0 Å². The molecule has 0 aliphatic carbocycles. The molecule has 0 bridgehead atoms. The normalized spacial score (nSPS) is 10.0. The second-order valence-corrected chi connectivity index (χ2v) is 3.58. The van der Waals surface area contributed by atoms with Gasteiger partial charge in [0.15, 0.2) is 0 Å². The Bertz CT molecular complexity index is 545. The van der Waals surface area contributed by atoms with Crippen molar-refractivity contribution in [3.05, 3.63) is 32.8 Å². The lowest BCUT2D eigenvalue weighted by molar-refractivity contribution is -0.137. The number of rotatable bonds is 6. The van der Waals surface area contributed by atoms with Crippen LogP contribution in [0.3, 0.4) is 0 Å². The molecular weight excluding hydrogens is 242 g/mol. The van der Waals surface area contributed by atoms with E-state index < -0.39 is 23.0 Å². The zero-order chi connectivity index (χ0) is 13.5. The lowest BCUT2D eigenvalue weighted by atomic mass is 10.3. The molecule has 98 valence electrons. The number of amides is 1. The Hall–Kier alpha value is -2.38. The summed E-state index contributed by atoms with van der Waals surface area (Å²) in [5.41, 5.74) is -0.969. The van der Waals surface area contributed by atoms with Crippen molar-refractivity contribution in [1.29, 1.82) is 0 Å². The zero-order valence-electron chi connectivity index (χ0n) is 9.51. The molecule has 3 N–H and O–H groups in total. The fourth-order valence-corrected chi connectivity index (χ4v) is 1.25. The van der Waals surface area contributed by atoms with Crippen LogP contribution in [0.5, 0.6) is 0 Å². The highest BCUT2D eigenvalue weighted by atomic mass is 16.4. The number of carbonyl (C=O) groups excluding carboxylic acids is 1. The summed E-state index contributed by atoms with van der Waals surface area (Å²) >= 11 is 0. The van der Waals surface area contributed by atoms with E-state index in [1.165, 1.54) is 0 Å². The van der Waals surface area contributed by atoms with E-state index in [9.17, 15) is 19.2 Å². The average Bonchev–Trinajstić information content (AvgIpc) is 2.29. The van der Waals surface area contributed by atoms with Gasteiger partial charge in [-0.2, -0.15) is 0 Å². The van der Waals surface area contributed by atoms with Crippen molar-refractivity contribution in [2.24, 2.45) is 0 Å². The largest absolute Gasteiger partial charge is 0.481 e. The van der Waals surface area contributed by atoms with Gasteiger partial charge in [-0.05, 0) is 6.42 Å². The summed E-state index contributed by atoms with van der Waals surface area (Å²) in [7, 11) is 0. The van der Waals surface area contributed by atoms with Gasteiger partial charge in [0.2, 0.25) is 5.91 Å². The number of aliphatic carboxylic acids is 1. The third-order valence-corrected chi connectivity index (χ3v) is 2.08. The van der Waals surface area contributed by atoms with Gasteiger partial charge in [0.1, 0.15) is 6.54 Å². The van der Waals surface area contributed by atoms with Gasteiger partial charge in [-0.3, -0.25) is 24.3 Å². The molecule has 0 aliphatic rings. The van der Waals surface area contributed by atoms with Crippen LogP contribution >= 0.6 is 0 Å². The van der Waals surface area contributed by atoms with Crippen molar-refractivity contribution < 1.29 is 14.7 Å². The summed E-state index contributed by atoms with van der Waals surface area (Å²) in [4.78, 5) is 43.8. The topological polar surface area (TPSA) is 121 Å². The second kappa shape index (κ2) is 6.38. The van der Waals surface area contributed by atoms with Gasteiger partial charge in [0, 0.05) is 25.1 Å². The minimum atomic E-state index is -0.937. The molecule has 8 nitrogen and oxygen atoms in total. The van der Waals surface area contributed by atoms with Gasteiger partial charge in [-0.25, -0.2) is 4.68 Å². The van der Waals surface area contributed by atoms with Gasteiger partial charge in [-0.15, -0.1) is 0 Å². The Balaban J connectivity index is 2.45. The maximum Gasteiger partial charge on any atom is 0.303 e. The number of carbonyl (C=O) groups is 2. The Morgan fingerprint density at radius 2 is 2.06 bits per heavy atom. The Kier molecular flexibility index (Phi) is 4.85. The Morgan fingerprint density at radius 1 is 1.33 bits per heavy atom. The number of aromatic amines is 1. The third kappa shape index (κ3) is 4.64. The van der Waals surface area contributed by atoms with Gasteiger partial charge in [0.05, 0.1) is 0 Å². The molecule has 18 heavy (non-hydrogen) atoms. The first-order valence-corrected chi connectivity index (χ1v) is 5.27. The first kappa shape index (κ1) is 13.7. The number of hydrogen-bond donors (Lipinski definition) is 3. The summed E-state index contributed by atoms with van der Waals surface area (Å²) in [5.74, 6) is -1.41. The molecule has 1 amide bonds. The molecule has 0 unspecified atom stereocenters. The molecule has 8 heteroatoms. The summed E-state index contributed by atoms with van der Waals surface area (Å²) in [6.07, 6.45) is 0.268. The first-order valence-electron chi connectivity index (χ1n) is 5.27. The van der Waals surface area contributed by atoms with E-state index in [-0.39, 0.29) is 19.5 Å². The predicted molar refractivity (Wildman–Crippen MR) is 61.2 cm³/mol. The van der Waals surface area contributed by atoms with Crippen molar-refractivity contribution in [2.45, 2.75) is 19.4 Å². The van der Waals surface area contributed by atoms with Gasteiger partial charge >= 0.3 is 5.97 Å². The van der Waals surface area contributed by atoms with Gasteiger partial charge in [0.25, 0.3) is 11.1 Å². The van der Waals surface area contributed by atoms with Crippen LogP contribution < -0.4 is 16.4 Å². The fourth-order valence-electron chi connectivity index (χ4n) is 1.25. The number of nitrogens with one attached hydrogen (secondary N) is 2. The number of carboxylic acid groups (broad SMARTS) is 1. The van der Waals surface area contributed by atoms with Crippen molar-refractivity contribution in [3.8, 4) is 0 Å². The number of aromatic nitrogens is 2. The SMILES string of the molecule is O=C(O)CCCNC(=O)Cn1[nH]c(=O)ccc1=O. The Labute approximate surface area is 101 Å². The highest BCUT2D eigenvalue weighted by Gasteiger charge is 2.05. The van der Waals surface area contributed by atoms with Crippen LogP contribution in [-0.2, 0) is 16.1 Å². The van der Waals surface area contributed by atoms with E-state index in [1.54, 1.807) is 0 Å². The highest BCUT2D eigenvalue weighted by Crippen LogP contribution is 1.86. The van der Waals surface area contributed by atoms with Gasteiger partial charge < -0.3 is 10.4 Å². The van der Waals surface area contributed by atoms with Crippen molar-refractivity contribution in [3.63, 3.8) is 0 Å². The van der Waals surface area contributed by atoms with Crippen LogP contribution in [0.1, 0.15) is 12.8 Å². The van der Waals surface area contributed by atoms with Crippen molar-refractivity contribution >= 4 is 11.9 Å². The van der Waals surface area contributed by atoms with Crippen molar-refractivity contribution in [2.75, 3.05) is 6.54 Å². The van der Waals surface area contributed by atoms with E-state index in [1.807, 2.05) is 0 Å². The third-order valence-electron chi connectivity index (χ3n) is 2.08. The second-order valence-electron chi connectivity index (χ2n) is 3.58. The first-order chi connectivity index (χ1) is 8.49. The standard InChI is InChI=1S/C10H13N3O5/c14-7-3-4-9(16)13(12-7)6-8(15)11-5-1-2-10(17)18/h3-4H,1-2,5-6H2,(H,11,15)(H,12,14)(H,17,18). The highest BCUT2D eigenvalue weighted by molar-refractivity contribution is 5.75. The fraction of sp³-hybridized carbons (Fsp3) is 0.400. The van der Waals surface area contributed by atoms with Crippen LogP contribution in [0.25, 0.3) is 0 Å². The molecule has 0 saturated carbocycles. The van der Waals surface area contributed by atoms with E-state index >= 15 is 0 Å². The number of carboxylic acids is 1. The summed E-state index contributed by atoms with van der Waals surface area (Å²) in [6.45, 7) is -0.0983. The van der Waals surface area contributed by atoms with Crippen LogP contribution in [-0.4, -0.2) is 33.3 Å². The molecule has 1 aromatic rings. The monoisotopic (exact) mass is 255 g/mol. The zero-order valence-corrected chi connectivity index (χ0v) is 9.51. The number of H-pyrrole nitrogens is 1. The molecule has 0 aromatic carbocycles. The molecule has 1 rings (SSSR count). The van der Waals surface area contributed by atoms with Crippen LogP contribution in [0.4, 0.5) is 0 Å². The molecule has 0 aliphatic heterocycles. The lowest BCUT2D eigenvalue weighted by Crippen LogP contribution is -2.36. The van der Waals surface area contributed by atoms with E-state index in [0.29, 0.717) is 6.42 Å². The van der Waals surface area contributed by atoms with Crippen molar-refractivity contribution in [1.82, 2.24) is 15.1 Å². The van der Waals surface area contributed by atoms with E-state index in [4.69, 9.17) is 5.11 Å². The minimum absolute atomic E-state index is 0.0393. The van der Waals surface area contributed by atoms with E-state index in [0.717, 1.165) is 16.8 Å². The summed E-state index contributed by atoms with van der Waals surface area (Å²) < 4.78 is 0.884. The summed E-state index contributed by atoms with van der Waals surface area (Å²) in [6, 6.07) is 2.14. The van der Waals surface area contributed by atoms with Crippen LogP contribution in [0.2, 0.25) is 0 Å². The predicted octanol–water partition coefficient (Wildman–Crippen LogP) is -1.48. The molecule has 0 atom stereocenters.